The Morgan fingerprint density at radius 2 is 1.81 bits per heavy atom. The number of rotatable bonds is 3. The first-order valence-corrected chi connectivity index (χ1v) is 8.75. The molecule has 27 heavy (non-hydrogen) atoms. The second kappa shape index (κ2) is 5.95. The second-order valence-corrected chi connectivity index (χ2v) is 6.76. The molecule has 0 radical (unpaired) electrons. The van der Waals surface area contributed by atoms with E-state index in [-0.39, 0.29) is 0 Å². The van der Waals surface area contributed by atoms with E-state index >= 15 is 0 Å². The van der Waals surface area contributed by atoms with Crippen LogP contribution in [0.1, 0.15) is 0 Å². The molecule has 6 nitrogen and oxygen atoms in total. The zero-order chi connectivity index (χ0) is 18.4. The van der Waals surface area contributed by atoms with Crippen LogP contribution in [0, 0.1) is 0 Å². The minimum Gasteiger partial charge on any atom is -0.376 e. The monoisotopic (exact) mass is 354 g/mol. The molecule has 0 aliphatic rings. The van der Waals surface area contributed by atoms with E-state index in [1.165, 1.54) is 0 Å². The van der Waals surface area contributed by atoms with Crippen molar-refractivity contribution in [2.45, 2.75) is 0 Å². The van der Waals surface area contributed by atoms with Crippen LogP contribution in [-0.2, 0) is 0 Å². The van der Waals surface area contributed by atoms with Crippen molar-refractivity contribution < 1.29 is 0 Å². The number of hydrogen-bond donors (Lipinski definition) is 2. The molecule has 0 unspecified atom stereocenters. The van der Waals surface area contributed by atoms with Gasteiger partial charge < -0.3 is 9.88 Å². The highest BCUT2D eigenvalue weighted by atomic mass is 15.1. The number of benzene rings is 1. The molecule has 4 heterocycles. The van der Waals surface area contributed by atoms with Gasteiger partial charge in [-0.3, -0.25) is 10.1 Å². The molecule has 0 bridgehead atoms. The molecule has 0 aliphatic carbocycles. The summed E-state index contributed by atoms with van der Waals surface area (Å²) in [4.78, 5) is 14.7. The largest absolute Gasteiger partial charge is 0.376 e. The predicted octanol–water partition coefficient (Wildman–Crippen LogP) is 4.23. The van der Waals surface area contributed by atoms with Crippen molar-refractivity contribution in [3.63, 3.8) is 0 Å². The average molecular weight is 354 g/mol. The molecule has 0 amide bonds. The van der Waals surface area contributed by atoms with E-state index in [9.17, 15) is 0 Å². The molecule has 1 aromatic carbocycles. The fourth-order valence-corrected chi connectivity index (χ4v) is 3.26. The first-order chi connectivity index (χ1) is 13.2. The Morgan fingerprint density at radius 3 is 2.67 bits per heavy atom. The van der Waals surface area contributed by atoms with Crippen LogP contribution in [0.25, 0.3) is 44.6 Å². The third-order valence-corrected chi connectivity index (χ3v) is 4.73. The van der Waals surface area contributed by atoms with E-state index < -0.39 is 0 Å². The third kappa shape index (κ3) is 2.62. The number of nitrogens with one attached hydrogen (secondary N) is 2. The van der Waals surface area contributed by atoms with Gasteiger partial charge in [-0.1, -0.05) is 18.2 Å². The van der Waals surface area contributed by atoms with Crippen molar-refractivity contribution in [3.05, 3.63) is 60.9 Å². The minimum atomic E-state index is 0.819. The molecular weight excluding hydrogens is 336 g/mol. The normalized spacial score (nSPS) is 11.3. The molecule has 0 spiro atoms. The van der Waals surface area contributed by atoms with Gasteiger partial charge in [0, 0.05) is 36.8 Å². The van der Waals surface area contributed by atoms with Gasteiger partial charge >= 0.3 is 0 Å². The number of pyridine rings is 2. The van der Waals surface area contributed by atoms with Gasteiger partial charge in [0.2, 0.25) is 0 Å². The molecule has 0 saturated carbocycles. The van der Waals surface area contributed by atoms with E-state index in [1.54, 1.807) is 0 Å². The van der Waals surface area contributed by atoms with E-state index in [4.69, 9.17) is 4.98 Å². The van der Waals surface area contributed by atoms with Gasteiger partial charge in [0.1, 0.15) is 11.2 Å². The maximum atomic E-state index is 4.88. The maximum Gasteiger partial charge on any atom is 0.135 e. The lowest BCUT2D eigenvalue weighted by Crippen LogP contribution is -2.08. The van der Waals surface area contributed by atoms with E-state index in [0.717, 1.165) is 50.3 Å². The number of aromatic nitrogens is 5. The summed E-state index contributed by atoms with van der Waals surface area (Å²) in [7, 11) is 4.00. The van der Waals surface area contributed by atoms with Crippen LogP contribution in [0.3, 0.4) is 0 Å². The number of aromatic amines is 2. The number of fused-ring (bicyclic) bond motifs is 2. The number of anilines is 1. The molecule has 132 valence electrons. The van der Waals surface area contributed by atoms with Gasteiger partial charge in [-0.05, 0) is 30.3 Å². The molecule has 0 saturated heterocycles. The number of hydrogen-bond acceptors (Lipinski definition) is 4. The summed E-state index contributed by atoms with van der Waals surface area (Å²) in [5.74, 6) is 0. The average Bonchev–Trinajstić information content (AvgIpc) is 3.31. The predicted molar refractivity (Wildman–Crippen MR) is 109 cm³/mol. The molecule has 0 aliphatic heterocycles. The number of H-pyrrole nitrogens is 2. The Hall–Kier alpha value is -3.67. The van der Waals surface area contributed by atoms with Crippen LogP contribution >= 0.6 is 0 Å². The number of nitrogens with zero attached hydrogens (tertiary/aromatic N) is 4. The summed E-state index contributed by atoms with van der Waals surface area (Å²) in [5, 5.41) is 8.74. The Labute approximate surface area is 155 Å². The molecule has 0 fully saturated rings. The Morgan fingerprint density at radius 1 is 0.926 bits per heavy atom. The van der Waals surface area contributed by atoms with Gasteiger partial charge in [0.05, 0.1) is 28.8 Å². The van der Waals surface area contributed by atoms with Crippen molar-refractivity contribution in [3.8, 4) is 22.6 Å². The van der Waals surface area contributed by atoms with Crippen molar-refractivity contribution in [1.82, 2.24) is 25.1 Å². The topological polar surface area (TPSA) is 73.5 Å². The number of para-hydroxylation sites is 1. The summed E-state index contributed by atoms with van der Waals surface area (Å²) in [6.07, 6.45) is 3.68. The first-order valence-electron chi connectivity index (χ1n) is 8.75. The molecular formula is C21H18N6. The van der Waals surface area contributed by atoms with Crippen LogP contribution in [-0.4, -0.2) is 39.2 Å². The van der Waals surface area contributed by atoms with Crippen LogP contribution < -0.4 is 4.90 Å². The van der Waals surface area contributed by atoms with Gasteiger partial charge in [0.15, 0.2) is 0 Å². The first kappa shape index (κ1) is 15.6. The van der Waals surface area contributed by atoms with E-state index in [2.05, 4.69) is 44.4 Å². The van der Waals surface area contributed by atoms with E-state index in [1.807, 2.05) is 55.7 Å². The lowest BCUT2D eigenvalue weighted by atomic mass is 10.1. The summed E-state index contributed by atoms with van der Waals surface area (Å²) < 4.78 is 0. The van der Waals surface area contributed by atoms with Crippen LogP contribution in [0.15, 0.2) is 60.9 Å². The smallest absolute Gasteiger partial charge is 0.135 e. The zero-order valence-corrected chi connectivity index (χ0v) is 15.1. The highest BCUT2D eigenvalue weighted by Gasteiger charge is 2.14. The SMILES string of the molecule is CN(C)c1cncc(-c2ccc3[nH]nc(-c4cc5ccccc5[nH]4)c3n2)c1. The zero-order valence-electron chi connectivity index (χ0n) is 15.1. The molecule has 5 rings (SSSR count). The second-order valence-electron chi connectivity index (χ2n) is 6.76. The lowest BCUT2D eigenvalue weighted by Gasteiger charge is -2.12. The quantitative estimate of drug-likeness (QED) is 0.508. The molecule has 5 aromatic rings. The standard InChI is InChI=1S/C21H18N6/c1-27(2)15-9-14(11-22-12-15)17-7-8-18-20(24-17)21(26-25-18)19-10-13-5-3-4-6-16(13)23-19/h3-12,23H,1-2H3,(H,25,26). The minimum absolute atomic E-state index is 0.819. The fourth-order valence-electron chi connectivity index (χ4n) is 3.26. The van der Waals surface area contributed by atoms with Crippen molar-refractivity contribution in [2.75, 3.05) is 19.0 Å². The highest BCUT2D eigenvalue weighted by Crippen LogP contribution is 2.30. The van der Waals surface area contributed by atoms with Crippen molar-refractivity contribution >= 4 is 27.6 Å². The molecule has 4 aromatic heterocycles. The lowest BCUT2D eigenvalue weighted by molar-refractivity contribution is 1.11. The summed E-state index contributed by atoms with van der Waals surface area (Å²) >= 11 is 0. The van der Waals surface area contributed by atoms with Crippen molar-refractivity contribution in [2.24, 2.45) is 0 Å². The summed E-state index contributed by atoms with van der Waals surface area (Å²) in [6, 6.07) is 16.4. The maximum absolute atomic E-state index is 4.88. The van der Waals surface area contributed by atoms with E-state index in [0.29, 0.717) is 0 Å². The van der Waals surface area contributed by atoms with Gasteiger partial charge in [-0.25, -0.2) is 4.98 Å². The van der Waals surface area contributed by atoms with Crippen LogP contribution in [0.4, 0.5) is 5.69 Å². The van der Waals surface area contributed by atoms with Crippen molar-refractivity contribution in [1.29, 1.82) is 0 Å². The van der Waals surface area contributed by atoms with Gasteiger partial charge in [-0.15, -0.1) is 0 Å². The third-order valence-electron chi connectivity index (χ3n) is 4.73. The molecule has 2 N–H and O–H groups in total. The highest BCUT2D eigenvalue weighted by molar-refractivity contribution is 5.94. The van der Waals surface area contributed by atoms with Crippen LogP contribution in [0.5, 0.6) is 0 Å². The van der Waals surface area contributed by atoms with Gasteiger partial charge in [-0.2, -0.15) is 5.10 Å². The summed E-state index contributed by atoms with van der Waals surface area (Å²) in [6.45, 7) is 0. The molecule has 6 heteroatoms. The van der Waals surface area contributed by atoms with Crippen LogP contribution in [0.2, 0.25) is 0 Å². The fraction of sp³-hybridized carbons (Fsp3) is 0.0952. The Bertz CT molecular complexity index is 1230. The van der Waals surface area contributed by atoms with Gasteiger partial charge in [0.25, 0.3) is 0 Å². The Balaban J connectivity index is 1.65. The molecule has 0 atom stereocenters. The summed E-state index contributed by atoms with van der Waals surface area (Å²) in [5.41, 5.74) is 7.50. The Kier molecular flexibility index (Phi) is 3.43.